The summed E-state index contributed by atoms with van der Waals surface area (Å²) >= 11 is 6.08. The van der Waals surface area contributed by atoms with Gasteiger partial charge >= 0.3 is 0 Å². The zero-order chi connectivity index (χ0) is 17.7. The first-order valence-corrected chi connectivity index (χ1v) is 9.68. The van der Waals surface area contributed by atoms with Crippen LogP contribution in [-0.2, 0) is 6.54 Å². The Bertz CT molecular complexity index is 595. The number of benzene rings is 1. The van der Waals surface area contributed by atoms with Crippen LogP contribution in [0.1, 0.15) is 31.7 Å². The van der Waals surface area contributed by atoms with Crippen LogP contribution in [0.5, 0.6) is 0 Å². The first-order valence-electron chi connectivity index (χ1n) is 9.30. The third-order valence-electron chi connectivity index (χ3n) is 5.11. The molecule has 0 aromatic heterocycles. The van der Waals surface area contributed by atoms with Crippen molar-refractivity contribution >= 4 is 17.6 Å². The smallest absolute Gasteiger partial charge is 0.194 e. The van der Waals surface area contributed by atoms with Crippen molar-refractivity contribution in [3.05, 3.63) is 34.9 Å². The highest BCUT2D eigenvalue weighted by molar-refractivity contribution is 6.30. The number of rotatable bonds is 5. The van der Waals surface area contributed by atoms with E-state index < -0.39 is 5.60 Å². The molecule has 1 heterocycles. The number of guanidine groups is 1. The summed E-state index contributed by atoms with van der Waals surface area (Å²) in [6.07, 6.45) is 2.87. The molecule has 0 radical (unpaired) electrons. The molecule has 2 aliphatic rings. The van der Waals surface area contributed by atoms with Gasteiger partial charge in [0.25, 0.3) is 0 Å². The van der Waals surface area contributed by atoms with Crippen LogP contribution in [0.15, 0.2) is 29.3 Å². The molecule has 138 valence electrons. The van der Waals surface area contributed by atoms with Crippen LogP contribution in [0.25, 0.3) is 0 Å². The van der Waals surface area contributed by atoms with E-state index in [1.807, 2.05) is 18.2 Å². The maximum absolute atomic E-state index is 10.3. The number of nitrogens with zero attached hydrogens (tertiary/aromatic N) is 3. The zero-order valence-corrected chi connectivity index (χ0v) is 15.8. The molecular weight excluding hydrogens is 336 g/mol. The molecule has 0 spiro atoms. The summed E-state index contributed by atoms with van der Waals surface area (Å²) in [4.78, 5) is 9.45. The van der Waals surface area contributed by atoms with Crippen molar-refractivity contribution in [1.82, 2.24) is 15.1 Å². The van der Waals surface area contributed by atoms with Crippen LogP contribution in [0.4, 0.5) is 0 Å². The van der Waals surface area contributed by atoms with Gasteiger partial charge in [0.05, 0.1) is 12.1 Å². The quantitative estimate of drug-likeness (QED) is 0.622. The van der Waals surface area contributed by atoms with Gasteiger partial charge in [-0.3, -0.25) is 9.89 Å². The van der Waals surface area contributed by atoms with Gasteiger partial charge in [0, 0.05) is 44.3 Å². The van der Waals surface area contributed by atoms with E-state index in [4.69, 9.17) is 16.6 Å². The minimum Gasteiger partial charge on any atom is -0.388 e. The molecule has 1 saturated heterocycles. The lowest BCUT2D eigenvalue weighted by atomic mass is 9.80. The Morgan fingerprint density at radius 1 is 1.28 bits per heavy atom. The molecule has 6 heteroatoms. The highest BCUT2D eigenvalue weighted by atomic mass is 35.5. The number of hydrogen-bond donors (Lipinski definition) is 2. The first-order chi connectivity index (χ1) is 12.1. The fraction of sp³-hybridized carbons (Fsp3) is 0.632. The van der Waals surface area contributed by atoms with Crippen molar-refractivity contribution < 1.29 is 5.11 Å². The van der Waals surface area contributed by atoms with E-state index >= 15 is 0 Å². The molecule has 2 fully saturated rings. The maximum atomic E-state index is 10.3. The lowest BCUT2D eigenvalue weighted by Crippen LogP contribution is -2.52. The number of nitrogens with one attached hydrogen (secondary N) is 1. The van der Waals surface area contributed by atoms with E-state index in [2.05, 4.69) is 28.1 Å². The van der Waals surface area contributed by atoms with Crippen molar-refractivity contribution in [2.75, 3.05) is 39.3 Å². The summed E-state index contributed by atoms with van der Waals surface area (Å²) < 4.78 is 0. The second-order valence-electron chi connectivity index (χ2n) is 7.14. The lowest BCUT2D eigenvalue weighted by molar-refractivity contribution is -0.0238. The Hall–Kier alpha value is -1.30. The SMILES string of the molecule is CCNC(=NCC1(O)CCC1)N1CCN(Cc2cccc(Cl)c2)CC1. The van der Waals surface area contributed by atoms with Gasteiger partial charge in [0.15, 0.2) is 5.96 Å². The number of aliphatic imine (C=N–C) groups is 1. The van der Waals surface area contributed by atoms with Crippen LogP contribution in [-0.4, -0.2) is 65.7 Å². The number of aliphatic hydroxyl groups is 1. The topological polar surface area (TPSA) is 51.1 Å². The molecule has 1 aliphatic carbocycles. The maximum Gasteiger partial charge on any atom is 0.194 e. The Balaban J connectivity index is 1.53. The van der Waals surface area contributed by atoms with E-state index in [1.54, 1.807) is 0 Å². The summed E-state index contributed by atoms with van der Waals surface area (Å²) in [6, 6.07) is 8.09. The molecule has 1 aromatic carbocycles. The predicted molar refractivity (Wildman–Crippen MR) is 103 cm³/mol. The van der Waals surface area contributed by atoms with Crippen molar-refractivity contribution in [2.24, 2.45) is 4.99 Å². The van der Waals surface area contributed by atoms with Crippen LogP contribution >= 0.6 is 11.6 Å². The van der Waals surface area contributed by atoms with Crippen LogP contribution in [0.3, 0.4) is 0 Å². The van der Waals surface area contributed by atoms with Crippen molar-refractivity contribution in [3.63, 3.8) is 0 Å². The zero-order valence-electron chi connectivity index (χ0n) is 15.0. The average molecular weight is 365 g/mol. The van der Waals surface area contributed by atoms with Crippen LogP contribution in [0, 0.1) is 0 Å². The van der Waals surface area contributed by atoms with Gasteiger partial charge in [-0.25, -0.2) is 0 Å². The monoisotopic (exact) mass is 364 g/mol. The highest BCUT2D eigenvalue weighted by Gasteiger charge is 2.34. The Morgan fingerprint density at radius 2 is 2.04 bits per heavy atom. The molecule has 25 heavy (non-hydrogen) atoms. The van der Waals surface area contributed by atoms with Gasteiger partial charge in [0.2, 0.25) is 0 Å². The Kier molecular flexibility index (Phi) is 6.20. The molecular formula is C19H29ClN4O. The van der Waals surface area contributed by atoms with E-state index in [0.29, 0.717) is 6.54 Å². The molecule has 1 aliphatic heterocycles. The fourth-order valence-electron chi connectivity index (χ4n) is 3.40. The third kappa shape index (κ3) is 5.09. The molecule has 0 amide bonds. The first kappa shape index (κ1) is 18.5. The van der Waals surface area contributed by atoms with Gasteiger partial charge in [-0.1, -0.05) is 23.7 Å². The summed E-state index contributed by atoms with van der Waals surface area (Å²) in [6.45, 7) is 8.28. The summed E-state index contributed by atoms with van der Waals surface area (Å²) in [7, 11) is 0. The minimum atomic E-state index is -0.560. The third-order valence-corrected chi connectivity index (χ3v) is 5.34. The van der Waals surface area contributed by atoms with Gasteiger partial charge in [-0.2, -0.15) is 0 Å². The van der Waals surface area contributed by atoms with E-state index in [0.717, 1.165) is 69.5 Å². The molecule has 0 atom stereocenters. The Labute approximate surface area is 155 Å². The largest absolute Gasteiger partial charge is 0.388 e. The van der Waals surface area contributed by atoms with Crippen molar-refractivity contribution in [2.45, 2.75) is 38.3 Å². The molecule has 1 aromatic rings. The molecule has 0 unspecified atom stereocenters. The van der Waals surface area contributed by atoms with Crippen molar-refractivity contribution in [3.8, 4) is 0 Å². The van der Waals surface area contributed by atoms with Gasteiger partial charge in [-0.15, -0.1) is 0 Å². The Morgan fingerprint density at radius 3 is 2.64 bits per heavy atom. The molecule has 5 nitrogen and oxygen atoms in total. The molecule has 1 saturated carbocycles. The van der Waals surface area contributed by atoms with Crippen LogP contribution < -0.4 is 5.32 Å². The second-order valence-corrected chi connectivity index (χ2v) is 7.58. The number of halogens is 1. The van der Waals surface area contributed by atoms with Gasteiger partial charge in [-0.05, 0) is 43.9 Å². The minimum absolute atomic E-state index is 0.512. The highest BCUT2D eigenvalue weighted by Crippen LogP contribution is 2.31. The average Bonchev–Trinajstić information content (AvgIpc) is 2.58. The summed E-state index contributed by atoms with van der Waals surface area (Å²) in [5, 5.41) is 14.5. The summed E-state index contributed by atoms with van der Waals surface area (Å²) in [5.74, 6) is 0.935. The number of hydrogen-bond acceptors (Lipinski definition) is 3. The fourth-order valence-corrected chi connectivity index (χ4v) is 3.62. The molecule has 3 rings (SSSR count). The van der Waals surface area contributed by atoms with Gasteiger partial charge in [0.1, 0.15) is 0 Å². The van der Waals surface area contributed by atoms with E-state index in [1.165, 1.54) is 5.56 Å². The van der Waals surface area contributed by atoms with Crippen LogP contribution in [0.2, 0.25) is 5.02 Å². The standard InChI is InChI=1S/C19H29ClN4O/c1-2-21-18(22-15-19(25)7-4-8-19)24-11-9-23(10-12-24)14-16-5-3-6-17(20)13-16/h3,5-6,13,25H,2,4,7-12,14-15H2,1H3,(H,21,22). The van der Waals surface area contributed by atoms with E-state index in [9.17, 15) is 5.11 Å². The van der Waals surface area contributed by atoms with E-state index in [-0.39, 0.29) is 0 Å². The second kappa shape index (κ2) is 8.39. The lowest BCUT2D eigenvalue weighted by Gasteiger charge is -2.38. The summed E-state index contributed by atoms with van der Waals surface area (Å²) in [5.41, 5.74) is 0.698. The molecule has 0 bridgehead atoms. The van der Waals surface area contributed by atoms with Gasteiger partial charge < -0.3 is 15.3 Å². The number of piperazine rings is 1. The van der Waals surface area contributed by atoms with Crippen molar-refractivity contribution in [1.29, 1.82) is 0 Å². The predicted octanol–water partition coefficient (Wildman–Crippen LogP) is 2.34. The molecule has 2 N–H and O–H groups in total. The normalized spacial score (nSPS) is 21.1.